The Labute approximate surface area is 166 Å². The molecule has 0 atom stereocenters. The molecule has 1 aliphatic heterocycles. The van der Waals surface area contributed by atoms with Crippen molar-refractivity contribution in [2.24, 2.45) is 0 Å². The highest BCUT2D eigenvalue weighted by Gasteiger charge is 2.19. The third-order valence-corrected chi connectivity index (χ3v) is 5.80. The van der Waals surface area contributed by atoms with Gasteiger partial charge in [-0.1, -0.05) is 11.6 Å². The van der Waals surface area contributed by atoms with Gasteiger partial charge in [0, 0.05) is 38.8 Å². The first-order valence-corrected chi connectivity index (χ1v) is 10.0. The van der Waals surface area contributed by atoms with Gasteiger partial charge in [-0.05, 0) is 44.2 Å². The standard InChI is InChI=1S/C20H20ClN3O2S/c1-12-9-15(13(2)27-12)19-11-17(16-10-14(21)3-4-18(16)22-19)20(25)23-24-5-7-26-8-6-24/h3-4,9-11H,5-8H2,1-2H3,(H,23,25). The second kappa shape index (κ2) is 7.56. The number of hydrogen-bond acceptors (Lipinski definition) is 5. The Balaban J connectivity index is 1.80. The van der Waals surface area contributed by atoms with Crippen LogP contribution < -0.4 is 5.43 Å². The van der Waals surface area contributed by atoms with E-state index in [2.05, 4.69) is 25.3 Å². The summed E-state index contributed by atoms with van der Waals surface area (Å²) in [6.45, 7) is 6.72. The lowest BCUT2D eigenvalue weighted by Crippen LogP contribution is -2.48. The van der Waals surface area contributed by atoms with Gasteiger partial charge in [-0.25, -0.2) is 9.99 Å². The van der Waals surface area contributed by atoms with Crippen molar-refractivity contribution in [3.05, 3.63) is 50.7 Å². The highest BCUT2D eigenvalue weighted by atomic mass is 35.5. The van der Waals surface area contributed by atoms with E-state index in [0.717, 1.165) is 22.2 Å². The van der Waals surface area contributed by atoms with Crippen LogP contribution in [0.1, 0.15) is 20.1 Å². The van der Waals surface area contributed by atoms with Crippen molar-refractivity contribution in [1.82, 2.24) is 15.4 Å². The van der Waals surface area contributed by atoms with Crippen LogP contribution in [0.15, 0.2) is 30.3 Å². The molecule has 1 amide bonds. The summed E-state index contributed by atoms with van der Waals surface area (Å²) in [7, 11) is 0. The van der Waals surface area contributed by atoms with Crippen molar-refractivity contribution >= 4 is 39.7 Å². The van der Waals surface area contributed by atoms with E-state index < -0.39 is 0 Å². The van der Waals surface area contributed by atoms with Crippen LogP contribution in [-0.2, 0) is 4.74 Å². The number of hydrogen-bond donors (Lipinski definition) is 1. The van der Waals surface area contributed by atoms with Gasteiger partial charge in [0.05, 0.1) is 30.0 Å². The first kappa shape index (κ1) is 18.4. The van der Waals surface area contributed by atoms with Crippen LogP contribution in [0.25, 0.3) is 22.2 Å². The molecule has 0 radical (unpaired) electrons. The molecule has 2 aromatic heterocycles. The molecule has 0 saturated carbocycles. The van der Waals surface area contributed by atoms with Crippen LogP contribution in [0.4, 0.5) is 0 Å². The van der Waals surface area contributed by atoms with E-state index in [-0.39, 0.29) is 5.91 Å². The summed E-state index contributed by atoms with van der Waals surface area (Å²) < 4.78 is 5.35. The Morgan fingerprint density at radius 2 is 2.00 bits per heavy atom. The number of hydrazine groups is 1. The van der Waals surface area contributed by atoms with Crippen LogP contribution in [0.2, 0.25) is 5.02 Å². The maximum absolute atomic E-state index is 13.1. The number of ether oxygens (including phenoxy) is 1. The van der Waals surface area contributed by atoms with Gasteiger partial charge < -0.3 is 4.74 Å². The molecule has 1 saturated heterocycles. The molecular weight excluding hydrogens is 382 g/mol. The molecule has 1 fully saturated rings. The van der Waals surface area contributed by atoms with Gasteiger partial charge in [0.1, 0.15) is 0 Å². The van der Waals surface area contributed by atoms with Crippen molar-refractivity contribution in [3.63, 3.8) is 0 Å². The van der Waals surface area contributed by atoms with Crippen molar-refractivity contribution in [2.45, 2.75) is 13.8 Å². The topological polar surface area (TPSA) is 54.5 Å². The molecule has 1 aromatic carbocycles. The molecule has 0 spiro atoms. The first-order valence-electron chi connectivity index (χ1n) is 8.82. The summed E-state index contributed by atoms with van der Waals surface area (Å²) in [6.07, 6.45) is 0. The monoisotopic (exact) mass is 401 g/mol. The summed E-state index contributed by atoms with van der Waals surface area (Å²) in [5.74, 6) is -0.155. The minimum absolute atomic E-state index is 0.155. The van der Waals surface area contributed by atoms with Crippen LogP contribution in [0.3, 0.4) is 0 Å². The number of rotatable bonds is 3. The number of carbonyl (C=O) groups is 1. The van der Waals surface area contributed by atoms with Crippen LogP contribution in [0.5, 0.6) is 0 Å². The lowest BCUT2D eigenvalue weighted by Gasteiger charge is -2.27. The zero-order valence-electron chi connectivity index (χ0n) is 15.2. The lowest BCUT2D eigenvalue weighted by atomic mass is 10.0. The molecule has 3 aromatic rings. The van der Waals surface area contributed by atoms with Crippen LogP contribution in [0, 0.1) is 13.8 Å². The molecule has 140 valence electrons. The van der Waals surface area contributed by atoms with Crippen LogP contribution >= 0.6 is 22.9 Å². The predicted molar refractivity (Wildman–Crippen MR) is 109 cm³/mol. The Bertz CT molecular complexity index is 1010. The van der Waals surface area contributed by atoms with E-state index in [0.29, 0.717) is 36.9 Å². The molecule has 4 rings (SSSR count). The van der Waals surface area contributed by atoms with Gasteiger partial charge in [0.25, 0.3) is 5.91 Å². The molecule has 7 heteroatoms. The van der Waals surface area contributed by atoms with Crippen LogP contribution in [-0.4, -0.2) is 42.2 Å². The van der Waals surface area contributed by atoms with Crippen molar-refractivity contribution in [2.75, 3.05) is 26.3 Å². The molecule has 1 N–H and O–H groups in total. The van der Waals surface area contributed by atoms with Gasteiger partial charge in [-0.2, -0.15) is 0 Å². The van der Waals surface area contributed by atoms with Gasteiger partial charge in [0.15, 0.2) is 0 Å². The average molecular weight is 402 g/mol. The fraction of sp³-hybridized carbons (Fsp3) is 0.300. The lowest BCUT2D eigenvalue weighted by molar-refractivity contribution is 0.0127. The summed E-state index contributed by atoms with van der Waals surface area (Å²) in [5.41, 5.74) is 6.19. The van der Waals surface area contributed by atoms with Crippen molar-refractivity contribution in [3.8, 4) is 11.3 Å². The highest BCUT2D eigenvalue weighted by molar-refractivity contribution is 7.12. The summed E-state index contributed by atoms with van der Waals surface area (Å²) >= 11 is 7.92. The maximum atomic E-state index is 13.1. The van der Waals surface area contributed by atoms with Crippen molar-refractivity contribution in [1.29, 1.82) is 0 Å². The second-order valence-corrected chi connectivity index (χ2v) is 8.48. The van der Waals surface area contributed by atoms with E-state index in [1.807, 2.05) is 17.1 Å². The molecule has 0 aliphatic carbocycles. The van der Waals surface area contributed by atoms with Gasteiger partial charge in [0.2, 0.25) is 0 Å². The summed E-state index contributed by atoms with van der Waals surface area (Å²) in [5, 5.41) is 3.23. The minimum Gasteiger partial charge on any atom is -0.379 e. The number of pyridine rings is 1. The zero-order chi connectivity index (χ0) is 19.0. The molecule has 0 unspecified atom stereocenters. The van der Waals surface area contributed by atoms with E-state index in [9.17, 15) is 4.79 Å². The number of benzene rings is 1. The summed E-state index contributed by atoms with van der Waals surface area (Å²) in [4.78, 5) is 20.2. The summed E-state index contributed by atoms with van der Waals surface area (Å²) in [6, 6.07) is 9.45. The SMILES string of the molecule is Cc1cc(-c2cc(C(=O)NN3CCOCC3)c3cc(Cl)ccc3n2)c(C)s1. The number of amides is 1. The number of halogens is 1. The third-order valence-electron chi connectivity index (χ3n) is 4.60. The molecular formula is C20H20ClN3O2S. The molecule has 0 bridgehead atoms. The fourth-order valence-corrected chi connectivity index (χ4v) is 4.39. The normalized spacial score (nSPS) is 15.2. The number of thiophene rings is 1. The predicted octanol–water partition coefficient (Wildman–Crippen LogP) is 4.21. The number of carbonyl (C=O) groups excluding carboxylic acids is 1. The van der Waals surface area contributed by atoms with Crippen molar-refractivity contribution < 1.29 is 9.53 Å². The fourth-order valence-electron chi connectivity index (χ4n) is 3.29. The number of aryl methyl sites for hydroxylation is 2. The smallest absolute Gasteiger partial charge is 0.266 e. The number of fused-ring (bicyclic) bond motifs is 1. The Morgan fingerprint density at radius 1 is 1.22 bits per heavy atom. The molecule has 3 heterocycles. The van der Waals surface area contributed by atoms with E-state index in [4.69, 9.17) is 21.3 Å². The Hall–Kier alpha value is -1.99. The quantitative estimate of drug-likeness (QED) is 0.714. The van der Waals surface area contributed by atoms with E-state index >= 15 is 0 Å². The number of nitrogens with zero attached hydrogens (tertiary/aromatic N) is 2. The largest absolute Gasteiger partial charge is 0.379 e. The first-order chi connectivity index (χ1) is 13.0. The van der Waals surface area contributed by atoms with Gasteiger partial charge >= 0.3 is 0 Å². The minimum atomic E-state index is -0.155. The molecule has 1 aliphatic rings. The van der Waals surface area contributed by atoms with E-state index in [1.165, 1.54) is 9.75 Å². The Morgan fingerprint density at radius 3 is 2.70 bits per heavy atom. The average Bonchev–Trinajstić information content (AvgIpc) is 3.00. The van der Waals surface area contributed by atoms with E-state index in [1.54, 1.807) is 23.5 Å². The highest BCUT2D eigenvalue weighted by Crippen LogP contribution is 2.32. The van der Waals surface area contributed by atoms with Gasteiger partial charge in [-0.15, -0.1) is 11.3 Å². The molecule has 5 nitrogen and oxygen atoms in total. The maximum Gasteiger partial charge on any atom is 0.266 e. The Kier molecular flexibility index (Phi) is 5.14. The number of aromatic nitrogens is 1. The number of nitrogens with one attached hydrogen (secondary N) is 1. The number of morpholine rings is 1. The second-order valence-electron chi connectivity index (χ2n) is 6.58. The zero-order valence-corrected chi connectivity index (χ0v) is 16.8. The molecule has 27 heavy (non-hydrogen) atoms. The third kappa shape index (κ3) is 3.84. The van der Waals surface area contributed by atoms with Gasteiger partial charge in [-0.3, -0.25) is 10.2 Å².